The summed E-state index contributed by atoms with van der Waals surface area (Å²) in [5.41, 5.74) is 1.48. The molecule has 0 radical (unpaired) electrons. The molecule has 2 fully saturated rings. The number of aromatic nitrogens is 1. The van der Waals surface area contributed by atoms with E-state index in [2.05, 4.69) is 9.88 Å². The average molecular weight is 558 g/mol. The average Bonchev–Trinajstić information content (AvgIpc) is 3.49. The molecular formula is C20H19IN2O5S2. The topological polar surface area (TPSA) is 110 Å². The standard InChI is InChI=1S/C20H19IN2O5S2/c1-21-18(13-5-3-2-4-6-13)20(21,19(24)25)23-30(26,27)17-10-9-16(29-17)14-11-15(28-22-14)12-7-8-12/h2-6,9-12,18,23H,7-8H2,1H3,(H,24,25)/t18-,20+/m1/s1. The summed E-state index contributed by atoms with van der Waals surface area (Å²) < 4.78 is 32.5. The summed E-state index contributed by atoms with van der Waals surface area (Å²) in [6, 6.07) is 14.3. The van der Waals surface area contributed by atoms with Gasteiger partial charge in [-0.1, -0.05) is 0 Å². The van der Waals surface area contributed by atoms with Crippen molar-refractivity contribution in [1.29, 1.82) is 0 Å². The third-order valence-electron chi connectivity index (χ3n) is 5.39. The second kappa shape index (κ2) is 7.14. The Morgan fingerprint density at radius 1 is 1.27 bits per heavy atom. The van der Waals surface area contributed by atoms with Crippen LogP contribution in [0.5, 0.6) is 0 Å². The molecule has 5 rings (SSSR count). The SMILES string of the molecule is CI1[C@H](c2ccccc2)[C@]1(NS(=O)(=O)c1ccc(-c2cc(C3CC3)on2)s1)C(=O)O. The van der Waals surface area contributed by atoms with Crippen molar-refractivity contribution >= 4 is 47.1 Å². The van der Waals surface area contributed by atoms with Crippen LogP contribution in [0.1, 0.15) is 34.0 Å². The fourth-order valence-corrected chi connectivity index (χ4v) is 14.9. The third-order valence-corrected chi connectivity index (χ3v) is 15.7. The Balaban J connectivity index is 1.42. The Kier molecular flexibility index (Phi) is 4.80. The van der Waals surface area contributed by atoms with Crippen LogP contribution < -0.4 is 4.72 Å². The Hall–Kier alpha value is -1.76. The van der Waals surface area contributed by atoms with Gasteiger partial charge in [-0.2, -0.15) is 0 Å². The van der Waals surface area contributed by atoms with Gasteiger partial charge in [0.1, 0.15) is 0 Å². The molecule has 7 nitrogen and oxygen atoms in total. The number of nitrogens with zero attached hydrogens (tertiary/aromatic N) is 1. The minimum absolute atomic E-state index is 0.0806. The van der Waals surface area contributed by atoms with E-state index in [9.17, 15) is 18.3 Å². The van der Waals surface area contributed by atoms with E-state index < -0.39 is 39.4 Å². The van der Waals surface area contributed by atoms with Crippen LogP contribution in [-0.2, 0) is 14.8 Å². The maximum absolute atomic E-state index is 13.1. The normalized spacial score (nSPS) is 24.7. The van der Waals surface area contributed by atoms with Crippen molar-refractivity contribution in [2.45, 2.75) is 30.4 Å². The van der Waals surface area contributed by atoms with Crippen LogP contribution in [-0.4, -0.2) is 33.1 Å². The monoisotopic (exact) mass is 558 g/mol. The van der Waals surface area contributed by atoms with Crippen molar-refractivity contribution in [2.24, 2.45) is 0 Å². The summed E-state index contributed by atoms with van der Waals surface area (Å²) >= 11 is -1.06. The van der Waals surface area contributed by atoms with Crippen molar-refractivity contribution in [2.75, 3.05) is 4.93 Å². The van der Waals surface area contributed by atoms with Crippen LogP contribution in [0.4, 0.5) is 0 Å². The number of carbonyl (C=O) groups is 1. The number of nitrogens with one attached hydrogen (secondary N) is 1. The van der Waals surface area contributed by atoms with Gasteiger partial charge in [-0.3, -0.25) is 0 Å². The number of rotatable bonds is 7. The first-order valence-corrected chi connectivity index (χ1v) is 16.1. The van der Waals surface area contributed by atoms with Crippen LogP contribution in [0, 0.1) is 0 Å². The van der Waals surface area contributed by atoms with E-state index in [1.807, 2.05) is 41.3 Å². The van der Waals surface area contributed by atoms with E-state index in [-0.39, 0.29) is 8.13 Å². The van der Waals surface area contributed by atoms with Crippen LogP contribution in [0.15, 0.2) is 57.3 Å². The van der Waals surface area contributed by atoms with E-state index in [4.69, 9.17) is 4.52 Å². The maximum atomic E-state index is 13.1. The number of hydrogen-bond acceptors (Lipinski definition) is 6. The molecular weight excluding hydrogens is 539 g/mol. The number of aliphatic carboxylic acids is 1. The molecule has 1 saturated carbocycles. The molecule has 30 heavy (non-hydrogen) atoms. The molecule has 1 aliphatic carbocycles. The number of carboxylic acids is 1. The zero-order valence-corrected chi connectivity index (χ0v) is 19.7. The molecule has 2 aliphatic rings. The number of halogens is 1. The number of hydrogen-bond donors (Lipinski definition) is 2. The molecule has 3 aromatic rings. The van der Waals surface area contributed by atoms with Gasteiger partial charge in [0.25, 0.3) is 0 Å². The van der Waals surface area contributed by atoms with Gasteiger partial charge in [0, 0.05) is 0 Å². The molecule has 10 heteroatoms. The molecule has 0 spiro atoms. The first kappa shape index (κ1) is 20.2. The second-order valence-corrected chi connectivity index (χ2v) is 16.3. The van der Waals surface area contributed by atoms with E-state index >= 15 is 0 Å². The van der Waals surface area contributed by atoms with Crippen molar-refractivity contribution in [3.8, 4) is 10.6 Å². The molecule has 2 atom stereocenters. The minimum atomic E-state index is -3.99. The molecule has 0 amide bonds. The van der Waals surface area contributed by atoms with Crippen LogP contribution in [0.25, 0.3) is 10.6 Å². The molecule has 1 saturated heterocycles. The molecule has 3 heterocycles. The quantitative estimate of drug-likeness (QED) is 0.255. The van der Waals surface area contributed by atoms with E-state index in [0.717, 1.165) is 35.5 Å². The number of benzene rings is 1. The predicted octanol–water partition coefficient (Wildman–Crippen LogP) is 4.23. The van der Waals surface area contributed by atoms with Gasteiger partial charge < -0.3 is 0 Å². The third kappa shape index (κ3) is 3.29. The summed E-state index contributed by atoms with van der Waals surface area (Å²) in [6.45, 7) is 0. The Morgan fingerprint density at radius 2 is 2.00 bits per heavy atom. The van der Waals surface area contributed by atoms with E-state index in [0.29, 0.717) is 16.5 Å². The van der Waals surface area contributed by atoms with Crippen molar-refractivity contribution in [3.05, 3.63) is 59.9 Å². The fraction of sp³-hybridized carbons (Fsp3) is 0.300. The van der Waals surface area contributed by atoms with Gasteiger partial charge in [-0.15, -0.1) is 0 Å². The molecule has 1 aliphatic heterocycles. The predicted molar refractivity (Wildman–Crippen MR) is 122 cm³/mol. The summed E-state index contributed by atoms with van der Waals surface area (Å²) in [4.78, 5) is 14.8. The van der Waals surface area contributed by atoms with Gasteiger partial charge in [0.15, 0.2) is 0 Å². The van der Waals surface area contributed by atoms with Gasteiger partial charge in [0.2, 0.25) is 0 Å². The summed E-state index contributed by atoms with van der Waals surface area (Å²) in [5.74, 6) is 0.147. The summed E-state index contributed by atoms with van der Waals surface area (Å²) in [6.07, 6.45) is 2.18. The molecule has 1 aromatic carbocycles. The van der Waals surface area contributed by atoms with Crippen LogP contribution >= 0.6 is 31.2 Å². The number of sulfonamides is 1. The first-order chi connectivity index (χ1) is 14.3. The number of thiophene rings is 1. The number of carboxylic acid groups (broad SMARTS) is 1. The van der Waals surface area contributed by atoms with Gasteiger partial charge in [0.05, 0.1) is 0 Å². The van der Waals surface area contributed by atoms with Gasteiger partial charge in [-0.05, 0) is 0 Å². The molecule has 0 unspecified atom stereocenters. The molecule has 0 bridgehead atoms. The Labute approximate surface area is 184 Å². The second-order valence-electron chi connectivity index (χ2n) is 7.42. The summed E-state index contributed by atoms with van der Waals surface area (Å²) in [5, 5.41) is 14.0. The fourth-order valence-electron chi connectivity index (χ4n) is 3.59. The van der Waals surface area contributed by atoms with Crippen LogP contribution in [0.3, 0.4) is 0 Å². The van der Waals surface area contributed by atoms with Crippen molar-refractivity contribution in [3.63, 3.8) is 0 Å². The van der Waals surface area contributed by atoms with Crippen LogP contribution in [0.2, 0.25) is 0 Å². The molecule has 158 valence electrons. The van der Waals surface area contributed by atoms with E-state index in [1.54, 1.807) is 6.07 Å². The zero-order valence-electron chi connectivity index (χ0n) is 15.9. The Morgan fingerprint density at radius 3 is 2.67 bits per heavy atom. The number of alkyl halides is 3. The van der Waals surface area contributed by atoms with Gasteiger partial charge in [-0.25, -0.2) is 0 Å². The van der Waals surface area contributed by atoms with Crippen molar-refractivity contribution < 1.29 is 22.8 Å². The van der Waals surface area contributed by atoms with E-state index in [1.165, 1.54) is 6.07 Å². The first-order valence-electron chi connectivity index (χ1n) is 9.30. The summed E-state index contributed by atoms with van der Waals surface area (Å²) in [7, 11) is -3.99. The molecule has 2 N–H and O–H groups in total. The van der Waals surface area contributed by atoms with Crippen molar-refractivity contribution in [1.82, 2.24) is 9.88 Å². The molecule has 2 aromatic heterocycles. The Bertz CT molecular complexity index is 1220. The van der Waals surface area contributed by atoms with Gasteiger partial charge >= 0.3 is 186 Å². The zero-order chi connectivity index (χ0) is 21.1.